The van der Waals surface area contributed by atoms with Crippen LogP contribution in [0.15, 0.2) is 42.6 Å². The molecule has 0 unspecified atom stereocenters. The van der Waals surface area contributed by atoms with Crippen molar-refractivity contribution in [1.29, 1.82) is 0 Å². The van der Waals surface area contributed by atoms with Gasteiger partial charge in [0.1, 0.15) is 0 Å². The first-order valence-electron chi connectivity index (χ1n) is 8.55. The van der Waals surface area contributed by atoms with Gasteiger partial charge in [-0.2, -0.15) is 0 Å². The minimum atomic E-state index is -0.447. The fraction of sp³-hybridized carbons (Fsp3) is 0.400. The number of rotatable bonds is 9. The molecule has 26 heavy (non-hydrogen) atoms. The van der Waals surface area contributed by atoms with Crippen molar-refractivity contribution in [3.05, 3.63) is 58.7 Å². The third kappa shape index (κ3) is 6.32. The molecule has 0 radical (unpaired) electrons. The second-order valence-electron chi connectivity index (χ2n) is 6.69. The number of aromatic nitrogens is 1. The largest absolute Gasteiger partial charge is 0.478 e. The number of nitrogens with one attached hydrogen (secondary N) is 1. The Morgan fingerprint density at radius 3 is 2.62 bits per heavy atom. The Bertz CT molecular complexity index is 717. The molecule has 0 saturated heterocycles. The molecule has 5 nitrogen and oxygen atoms in total. The van der Waals surface area contributed by atoms with Gasteiger partial charge in [-0.25, -0.2) is 4.98 Å². The van der Waals surface area contributed by atoms with Gasteiger partial charge in [-0.1, -0.05) is 29.8 Å². The Hall–Kier alpha value is -2.11. The lowest BCUT2D eigenvalue weighted by atomic mass is 9.94. The van der Waals surface area contributed by atoms with Gasteiger partial charge in [0.05, 0.1) is 12.2 Å². The smallest absolute Gasteiger partial charge is 0.253 e. The molecule has 140 valence electrons. The number of benzene rings is 1. The molecule has 0 aliphatic heterocycles. The number of ether oxygens (including phenoxy) is 2. The lowest BCUT2D eigenvalue weighted by Gasteiger charge is -2.27. The maximum atomic E-state index is 12.5. The summed E-state index contributed by atoms with van der Waals surface area (Å²) in [5.74, 6) is 0.313. The lowest BCUT2D eigenvalue weighted by molar-refractivity contribution is 0.0912. The average molecular weight is 377 g/mol. The molecule has 0 saturated carbocycles. The molecule has 0 fully saturated rings. The maximum absolute atomic E-state index is 12.5. The summed E-state index contributed by atoms with van der Waals surface area (Å²) in [4.78, 5) is 16.7. The van der Waals surface area contributed by atoms with Crippen LogP contribution in [0, 0.1) is 0 Å². The number of hydrogen-bond donors (Lipinski definition) is 1. The predicted molar refractivity (Wildman–Crippen MR) is 103 cm³/mol. The van der Waals surface area contributed by atoms with E-state index in [1.165, 1.54) is 6.20 Å². The lowest BCUT2D eigenvalue weighted by Crippen LogP contribution is -2.45. The maximum Gasteiger partial charge on any atom is 0.253 e. The first-order chi connectivity index (χ1) is 12.4. The molecule has 1 heterocycles. The van der Waals surface area contributed by atoms with Crippen LogP contribution in [0.5, 0.6) is 5.88 Å². The molecule has 0 atom stereocenters. The molecular weight excluding hydrogens is 352 g/mol. The molecule has 1 amide bonds. The Balaban J connectivity index is 1.92. The number of hydrogen-bond acceptors (Lipinski definition) is 4. The van der Waals surface area contributed by atoms with E-state index < -0.39 is 5.54 Å². The number of nitrogens with zero attached hydrogens (tertiary/aromatic N) is 1. The summed E-state index contributed by atoms with van der Waals surface area (Å²) in [6, 6.07) is 11.1. The number of amides is 1. The summed E-state index contributed by atoms with van der Waals surface area (Å²) in [6.45, 7) is 5.10. The highest BCUT2D eigenvalue weighted by molar-refractivity contribution is 6.31. The number of pyridine rings is 1. The fourth-order valence-electron chi connectivity index (χ4n) is 2.52. The van der Waals surface area contributed by atoms with Crippen LogP contribution in [-0.2, 0) is 11.2 Å². The van der Waals surface area contributed by atoms with Crippen molar-refractivity contribution in [3.63, 3.8) is 0 Å². The molecule has 0 bridgehead atoms. The fourth-order valence-corrected chi connectivity index (χ4v) is 2.72. The monoisotopic (exact) mass is 376 g/mol. The van der Waals surface area contributed by atoms with Crippen LogP contribution in [0.1, 0.15) is 36.2 Å². The summed E-state index contributed by atoms with van der Waals surface area (Å²) in [6.07, 6.45) is 2.94. The van der Waals surface area contributed by atoms with Gasteiger partial charge in [-0.15, -0.1) is 0 Å². The summed E-state index contributed by atoms with van der Waals surface area (Å²) in [5, 5.41) is 3.73. The molecule has 2 rings (SSSR count). The van der Waals surface area contributed by atoms with Crippen molar-refractivity contribution in [2.75, 3.05) is 20.3 Å². The van der Waals surface area contributed by atoms with Gasteiger partial charge in [0.2, 0.25) is 5.88 Å². The van der Waals surface area contributed by atoms with E-state index in [1.807, 2.05) is 38.1 Å². The highest BCUT2D eigenvalue weighted by Gasteiger charge is 2.23. The van der Waals surface area contributed by atoms with Gasteiger partial charge in [-0.3, -0.25) is 4.79 Å². The molecule has 1 aromatic carbocycles. The third-order valence-electron chi connectivity index (χ3n) is 3.78. The zero-order chi connectivity index (χ0) is 19.0. The van der Waals surface area contributed by atoms with Crippen LogP contribution in [0.4, 0.5) is 0 Å². The van der Waals surface area contributed by atoms with Crippen LogP contribution in [-0.4, -0.2) is 36.8 Å². The van der Waals surface area contributed by atoms with E-state index in [1.54, 1.807) is 19.2 Å². The Morgan fingerprint density at radius 2 is 1.96 bits per heavy atom. The highest BCUT2D eigenvalue weighted by Crippen LogP contribution is 2.21. The van der Waals surface area contributed by atoms with E-state index in [4.69, 9.17) is 21.1 Å². The zero-order valence-electron chi connectivity index (χ0n) is 15.4. The van der Waals surface area contributed by atoms with E-state index >= 15 is 0 Å². The number of carbonyl (C=O) groups excluding carboxylic acids is 1. The van der Waals surface area contributed by atoms with E-state index in [0.29, 0.717) is 36.1 Å². The molecule has 0 aliphatic carbocycles. The molecule has 0 aliphatic rings. The molecular formula is C20H25ClN2O3. The second kappa shape index (κ2) is 9.55. The minimum absolute atomic E-state index is 0.180. The van der Waals surface area contributed by atoms with Crippen LogP contribution in [0.3, 0.4) is 0 Å². The van der Waals surface area contributed by atoms with Crippen LogP contribution in [0.25, 0.3) is 0 Å². The van der Waals surface area contributed by atoms with Gasteiger partial charge in [0.15, 0.2) is 0 Å². The van der Waals surface area contributed by atoms with Crippen molar-refractivity contribution >= 4 is 17.5 Å². The summed E-state index contributed by atoms with van der Waals surface area (Å²) < 4.78 is 10.5. The topological polar surface area (TPSA) is 60.5 Å². The number of methoxy groups -OCH3 is 1. The minimum Gasteiger partial charge on any atom is -0.478 e. The van der Waals surface area contributed by atoms with Crippen molar-refractivity contribution in [3.8, 4) is 5.88 Å². The number of halogens is 1. The molecule has 1 N–H and O–H groups in total. The van der Waals surface area contributed by atoms with E-state index in [0.717, 1.165) is 12.0 Å². The van der Waals surface area contributed by atoms with Crippen molar-refractivity contribution in [2.45, 2.75) is 32.2 Å². The molecule has 0 spiro atoms. The SMILES string of the molecule is COCCCOc1ccc(C(=O)NC(C)(C)Cc2ccccc2Cl)cn1. The Kier molecular flexibility index (Phi) is 7.42. The normalized spacial score (nSPS) is 11.2. The summed E-state index contributed by atoms with van der Waals surface area (Å²) in [5.41, 5.74) is 1.04. The van der Waals surface area contributed by atoms with E-state index in [9.17, 15) is 4.79 Å². The van der Waals surface area contributed by atoms with Gasteiger partial charge in [-0.05, 0) is 38.0 Å². The Morgan fingerprint density at radius 1 is 1.19 bits per heavy atom. The van der Waals surface area contributed by atoms with Crippen molar-refractivity contribution < 1.29 is 14.3 Å². The van der Waals surface area contributed by atoms with Crippen LogP contribution >= 0.6 is 11.6 Å². The summed E-state index contributed by atoms with van der Waals surface area (Å²) in [7, 11) is 1.65. The van der Waals surface area contributed by atoms with Gasteiger partial charge in [0, 0.05) is 43.0 Å². The first-order valence-corrected chi connectivity index (χ1v) is 8.93. The first kappa shape index (κ1) is 20.2. The Labute approximate surface area is 159 Å². The van der Waals surface area contributed by atoms with Crippen molar-refractivity contribution in [1.82, 2.24) is 10.3 Å². The predicted octanol–water partition coefficient (Wildman–Crippen LogP) is 3.90. The number of carbonyl (C=O) groups is 1. The third-order valence-corrected chi connectivity index (χ3v) is 4.15. The van der Waals surface area contributed by atoms with Crippen molar-refractivity contribution in [2.24, 2.45) is 0 Å². The van der Waals surface area contributed by atoms with Gasteiger partial charge in [0.25, 0.3) is 5.91 Å². The molecule has 2 aromatic rings. The van der Waals surface area contributed by atoms with E-state index in [-0.39, 0.29) is 5.91 Å². The molecule has 1 aromatic heterocycles. The second-order valence-corrected chi connectivity index (χ2v) is 7.09. The van der Waals surface area contributed by atoms with Gasteiger partial charge < -0.3 is 14.8 Å². The quantitative estimate of drug-likeness (QED) is 0.674. The highest BCUT2D eigenvalue weighted by atomic mass is 35.5. The van der Waals surface area contributed by atoms with Gasteiger partial charge >= 0.3 is 0 Å². The standard InChI is InChI=1S/C20H25ClN2O3/c1-20(2,13-15-7-4-5-8-17(15)21)23-19(24)16-9-10-18(22-14-16)26-12-6-11-25-3/h4-5,7-10,14H,6,11-13H2,1-3H3,(H,23,24). The summed E-state index contributed by atoms with van der Waals surface area (Å²) >= 11 is 6.22. The molecule has 6 heteroatoms. The zero-order valence-corrected chi connectivity index (χ0v) is 16.2. The van der Waals surface area contributed by atoms with Crippen LogP contribution in [0.2, 0.25) is 5.02 Å². The van der Waals surface area contributed by atoms with Crippen LogP contribution < -0.4 is 10.1 Å². The van der Waals surface area contributed by atoms with E-state index in [2.05, 4.69) is 10.3 Å². The average Bonchev–Trinajstić information content (AvgIpc) is 2.60.